The first-order valence-corrected chi connectivity index (χ1v) is 11.3. The van der Waals surface area contributed by atoms with Crippen LogP contribution in [0.4, 0.5) is 4.79 Å². The maximum atomic E-state index is 12.7. The third-order valence-electron chi connectivity index (χ3n) is 7.40. The summed E-state index contributed by atoms with van der Waals surface area (Å²) in [6, 6.07) is 11.4. The van der Waals surface area contributed by atoms with Gasteiger partial charge in [-0.3, -0.25) is 9.78 Å². The van der Waals surface area contributed by atoms with E-state index in [1.807, 2.05) is 34.2 Å². The van der Waals surface area contributed by atoms with Crippen molar-refractivity contribution in [1.82, 2.24) is 20.1 Å². The maximum Gasteiger partial charge on any atom is 0.318 e. The van der Waals surface area contributed by atoms with E-state index in [0.29, 0.717) is 37.5 Å². The highest BCUT2D eigenvalue weighted by Gasteiger charge is 2.54. The fourth-order valence-electron chi connectivity index (χ4n) is 5.26. The van der Waals surface area contributed by atoms with Crippen molar-refractivity contribution in [1.29, 1.82) is 5.26 Å². The molecule has 0 radical (unpaired) electrons. The van der Waals surface area contributed by atoms with E-state index >= 15 is 0 Å². The molecule has 1 saturated carbocycles. The summed E-state index contributed by atoms with van der Waals surface area (Å²) in [6.07, 6.45) is 7.08. The number of amides is 3. The molecule has 5 rings (SSSR count). The number of hydrogen-bond donors (Lipinski definition) is 1. The van der Waals surface area contributed by atoms with Crippen molar-refractivity contribution >= 4 is 11.9 Å². The van der Waals surface area contributed by atoms with Gasteiger partial charge in [-0.05, 0) is 65.5 Å². The Morgan fingerprint density at radius 1 is 1.16 bits per heavy atom. The van der Waals surface area contributed by atoms with Crippen molar-refractivity contribution in [3.63, 3.8) is 0 Å². The second kappa shape index (κ2) is 8.27. The summed E-state index contributed by atoms with van der Waals surface area (Å²) >= 11 is 0. The number of hydrogen-bond acceptors (Lipinski definition) is 4. The van der Waals surface area contributed by atoms with Crippen LogP contribution in [0.1, 0.15) is 41.5 Å². The lowest BCUT2D eigenvalue weighted by Crippen LogP contribution is -2.41. The number of carbonyl (C=O) groups is 2. The first-order chi connectivity index (χ1) is 15.6. The predicted molar refractivity (Wildman–Crippen MR) is 118 cm³/mol. The van der Waals surface area contributed by atoms with E-state index in [1.165, 1.54) is 5.56 Å². The van der Waals surface area contributed by atoms with Gasteiger partial charge in [0.05, 0.1) is 18.1 Å². The molecule has 1 N–H and O–H groups in total. The van der Waals surface area contributed by atoms with E-state index in [4.69, 9.17) is 5.26 Å². The predicted octanol–water partition coefficient (Wildman–Crippen LogP) is 2.85. The average Bonchev–Trinajstić information content (AvgIpc) is 3.29. The van der Waals surface area contributed by atoms with Gasteiger partial charge in [0.2, 0.25) is 5.91 Å². The van der Waals surface area contributed by atoms with Gasteiger partial charge in [0.15, 0.2) is 0 Å². The molecule has 2 fully saturated rings. The van der Waals surface area contributed by atoms with Crippen LogP contribution in [0, 0.1) is 22.7 Å². The molecule has 1 atom stereocenters. The molecule has 1 aromatic carbocycles. The summed E-state index contributed by atoms with van der Waals surface area (Å²) < 4.78 is 0. The molecular weight excluding hydrogens is 402 g/mol. The first kappa shape index (κ1) is 20.5. The van der Waals surface area contributed by atoms with Crippen molar-refractivity contribution < 1.29 is 9.59 Å². The molecule has 7 heteroatoms. The van der Waals surface area contributed by atoms with Gasteiger partial charge in [-0.1, -0.05) is 12.1 Å². The van der Waals surface area contributed by atoms with E-state index in [0.717, 1.165) is 43.5 Å². The number of nitriles is 1. The topological polar surface area (TPSA) is 89.3 Å². The van der Waals surface area contributed by atoms with Crippen LogP contribution >= 0.6 is 0 Å². The molecular formula is C25H27N5O2. The molecule has 2 aliphatic heterocycles. The van der Waals surface area contributed by atoms with Gasteiger partial charge in [0.1, 0.15) is 0 Å². The number of nitrogens with zero attached hydrogens (tertiary/aromatic N) is 4. The van der Waals surface area contributed by atoms with Crippen LogP contribution in [-0.2, 0) is 24.3 Å². The van der Waals surface area contributed by atoms with Crippen LogP contribution in [0.5, 0.6) is 0 Å². The van der Waals surface area contributed by atoms with Gasteiger partial charge >= 0.3 is 6.03 Å². The molecule has 3 heterocycles. The number of nitrogens with one attached hydrogen (secondary N) is 1. The minimum absolute atomic E-state index is 0.00420. The number of rotatable bonds is 4. The van der Waals surface area contributed by atoms with Crippen molar-refractivity contribution in [2.24, 2.45) is 11.3 Å². The Kier molecular flexibility index (Phi) is 5.30. The third kappa shape index (κ3) is 4.05. The minimum atomic E-state index is -0.00420. The molecule has 1 aromatic heterocycles. The van der Waals surface area contributed by atoms with Gasteiger partial charge in [-0.25, -0.2) is 4.79 Å². The lowest BCUT2D eigenvalue weighted by atomic mass is 9.90. The number of benzene rings is 1. The lowest BCUT2D eigenvalue weighted by Gasteiger charge is -2.33. The minimum Gasteiger partial charge on any atom is -0.342 e. The van der Waals surface area contributed by atoms with E-state index < -0.39 is 0 Å². The molecule has 1 aliphatic carbocycles. The zero-order valence-corrected chi connectivity index (χ0v) is 18.1. The number of pyridine rings is 1. The second-order valence-electron chi connectivity index (χ2n) is 9.32. The Labute approximate surface area is 188 Å². The van der Waals surface area contributed by atoms with Crippen molar-refractivity contribution in [3.8, 4) is 6.07 Å². The van der Waals surface area contributed by atoms with Crippen LogP contribution in [0.3, 0.4) is 0 Å². The van der Waals surface area contributed by atoms with Crippen molar-refractivity contribution in [2.45, 2.75) is 38.8 Å². The van der Waals surface area contributed by atoms with Crippen LogP contribution in [0.15, 0.2) is 42.7 Å². The summed E-state index contributed by atoms with van der Waals surface area (Å²) in [4.78, 5) is 33.2. The third-order valence-corrected chi connectivity index (χ3v) is 7.40. The summed E-state index contributed by atoms with van der Waals surface area (Å²) in [5.41, 5.74) is 4.06. The quantitative estimate of drug-likeness (QED) is 0.809. The molecule has 1 spiro atoms. The molecule has 2 aromatic rings. The standard InChI is InChI=1S/C25H27N5O2/c26-13-19-3-1-2-18(10-19)11-23(31)29-8-5-25(6-9-29)12-22(25)15-28-24(32)30-16-20-4-7-27-14-21(20)17-30/h1-4,7,10,14,22H,5-6,8-9,11-12,15-17H2,(H,28,32). The van der Waals surface area contributed by atoms with Crippen LogP contribution < -0.4 is 5.32 Å². The fraction of sp³-hybridized carbons (Fsp3) is 0.440. The summed E-state index contributed by atoms with van der Waals surface area (Å²) in [5, 5.41) is 12.2. The van der Waals surface area contributed by atoms with Gasteiger partial charge in [-0.2, -0.15) is 5.26 Å². The molecule has 164 valence electrons. The van der Waals surface area contributed by atoms with E-state index in [2.05, 4.69) is 16.4 Å². The summed E-state index contributed by atoms with van der Waals surface area (Å²) in [7, 11) is 0. The van der Waals surface area contributed by atoms with Crippen LogP contribution in [0.25, 0.3) is 0 Å². The highest BCUT2D eigenvalue weighted by molar-refractivity contribution is 5.79. The van der Waals surface area contributed by atoms with Gasteiger partial charge in [0, 0.05) is 45.1 Å². The number of likely N-dealkylation sites (tertiary alicyclic amines) is 1. The van der Waals surface area contributed by atoms with Crippen molar-refractivity contribution in [2.75, 3.05) is 19.6 Å². The summed E-state index contributed by atoms with van der Waals surface area (Å²) in [5.74, 6) is 0.631. The largest absolute Gasteiger partial charge is 0.342 e. The zero-order chi connectivity index (χ0) is 22.1. The molecule has 3 aliphatic rings. The molecule has 7 nitrogen and oxygen atoms in total. The number of carbonyl (C=O) groups excluding carboxylic acids is 2. The van der Waals surface area contributed by atoms with Gasteiger partial charge in [0.25, 0.3) is 0 Å². The van der Waals surface area contributed by atoms with E-state index in [9.17, 15) is 9.59 Å². The second-order valence-corrected chi connectivity index (χ2v) is 9.32. The van der Waals surface area contributed by atoms with Crippen LogP contribution in [-0.4, -0.2) is 46.4 Å². The number of fused-ring (bicyclic) bond motifs is 1. The highest BCUT2D eigenvalue weighted by Crippen LogP contribution is 2.59. The summed E-state index contributed by atoms with van der Waals surface area (Å²) in [6.45, 7) is 3.52. The Balaban J connectivity index is 1.07. The Morgan fingerprint density at radius 2 is 1.97 bits per heavy atom. The van der Waals surface area contributed by atoms with Gasteiger partial charge in [-0.15, -0.1) is 0 Å². The Bertz CT molecular complexity index is 1060. The molecule has 32 heavy (non-hydrogen) atoms. The highest BCUT2D eigenvalue weighted by atomic mass is 16.2. The number of aromatic nitrogens is 1. The Hall–Kier alpha value is -3.40. The molecule has 1 unspecified atom stereocenters. The molecule has 1 saturated heterocycles. The Morgan fingerprint density at radius 3 is 2.75 bits per heavy atom. The van der Waals surface area contributed by atoms with E-state index in [-0.39, 0.29) is 17.4 Å². The number of urea groups is 1. The monoisotopic (exact) mass is 429 g/mol. The maximum absolute atomic E-state index is 12.7. The van der Waals surface area contributed by atoms with Gasteiger partial charge < -0.3 is 15.1 Å². The molecule has 3 amide bonds. The SMILES string of the molecule is N#Cc1cccc(CC(=O)N2CCC3(CC2)CC3CNC(=O)N2Cc3ccncc3C2)c1. The van der Waals surface area contributed by atoms with E-state index in [1.54, 1.807) is 18.3 Å². The fourth-order valence-corrected chi connectivity index (χ4v) is 5.26. The normalized spacial score (nSPS) is 20.5. The first-order valence-electron chi connectivity index (χ1n) is 11.3. The average molecular weight is 430 g/mol. The van der Waals surface area contributed by atoms with Crippen molar-refractivity contribution in [3.05, 3.63) is 65.0 Å². The zero-order valence-electron chi connectivity index (χ0n) is 18.1. The van der Waals surface area contributed by atoms with Crippen LogP contribution in [0.2, 0.25) is 0 Å². The number of piperidine rings is 1. The molecule has 0 bridgehead atoms. The lowest BCUT2D eigenvalue weighted by molar-refractivity contribution is -0.132. The smallest absolute Gasteiger partial charge is 0.318 e.